The zero-order valence-corrected chi connectivity index (χ0v) is 16.6. The number of nitrogens with one attached hydrogen (secondary N) is 1. The average molecular weight is 412 g/mol. The molecular formula is C18H26BrN3O3. The number of piperidine rings is 1. The van der Waals surface area contributed by atoms with E-state index in [-0.39, 0.29) is 11.9 Å². The summed E-state index contributed by atoms with van der Waals surface area (Å²) in [5.74, 6) is 1.58. The Bertz CT molecular complexity index is 614. The number of carbonyl (C=O) groups excluding carboxylic acids is 1. The molecule has 1 aromatic rings. The van der Waals surface area contributed by atoms with Crippen LogP contribution in [0.4, 0.5) is 0 Å². The van der Waals surface area contributed by atoms with Crippen LogP contribution in [0.25, 0.3) is 0 Å². The fourth-order valence-corrected chi connectivity index (χ4v) is 3.36. The zero-order chi connectivity index (χ0) is 18.2. The van der Waals surface area contributed by atoms with E-state index >= 15 is 0 Å². The predicted octanol–water partition coefficient (Wildman–Crippen LogP) is 2.81. The molecule has 1 aromatic carbocycles. The van der Waals surface area contributed by atoms with E-state index in [1.807, 2.05) is 18.2 Å². The number of hydrogen-bond acceptors (Lipinski definition) is 4. The van der Waals surface area contributed by atoms with E-state index in [1.165, 1.54) is 7.11 Å². The summed E-state index contributed by atoms with van der Waals surface area (Å²) in [5, 5.41) is 3.34. The lowest BCUT2D eigenvalue weighted by Crippen LogP contribution is -2.46. The molecule has 1 aliphatic heterocycles. The van der Waals surface area contributed by atoms with Gasteiger partial charge in [-0.2, -0.15) is 0 Å². The molecule has 2 rings (SSSR count). The molecule has 1 saturated heterocycles. The summed E-state index contributed by atoms with van der Waals surface area (Å²) < 4.78 is 11.3. The number of carbonyl (C=O) groups is 1. The molecule has 0 saturated carbocycles. The Labute approximate surface area is 157 Å². The second-order valence-corrected chi connectivity index (χ2v) is 6.83. The van der Waals surface area contributed by atoms with Crippen LogP contribution in [0.1, 0.15) is 25.3 Å². The van der Waals surface area contributed by atoms with Crippen LogP contribution in [0.2, 0.25) is 0 Å². The van der Waals surface area contributed by atoms with E-state index in [2.05, 4.69) is 33.1 Å². The number of rotatable bonds is 5. The first-order chi connectivity index (χ1) is 12.1. The smallest absolute Gasteiger partial charge is 0.308 e. The van der Waals surface area contributed by atoms with Crippen molar-refractivity contribution in [1.29, 1.82) is 0 Å². The Morgan fingerprint density at radius 1 is 1.36 bits per heavy atom. The minimum absolute atomic E-state index is 0.00528. The lowest BCUT2D eigenvalue weighted by atomic mass is 9.97. The first kappa shape index (κ1) is 19.6. The molecule has 0 unspecified atom stereocenters. The molecule has 0 aromatic heterocycles. The highest BCUT2D eigenvalue weighted by atomic mass is 79.9. The highest BCUT2D eigenvalue weighted by Crippen LogP contribution is 2.24. The third kappa shape index (κ3) is 5.36. The van der Waals surface area contributed by atoms with Gasteiger partial charge in [0.1, 0.15) is 5.75 Å². The van der Waals surface area contributed by atoms with Crippen LogP contribution in [0.15, 0.2) is 27.7 Å². The largest absolute Gasteiger partial charge is 0.496 e. The van der Waals surface area contributed by atoms with Crippen molar-refractivity contribution in [3.63, 3.8) is 0 Å². The molecule has 0 amide bonds. The van der Waals surface area contributed by atoms with Gasteiger partial charge in [0.05, 0.1) is 26.7 Å². The summed E-state index contributed by atoms with van der Waals surface area (Å²) in [6.07, 6.45) is 1.58. The number of ether oxygens (including phenoxy) is 2. The number of likely N-dealkylation sites (tertiary alicyclic amines) is 1. The maximum atomic E-state index is 11.7. The van der Waals surface area contributed by atoms with Crippen LogP contribution >= 0.6 is 15.9 Å². The maximum absolute atomic E-state index is 11.7. The van der Waals surface area contributed by atoms with Crippen LogP contribution in [0, 0.1) is 5.92 Å². The van der Waals surface area contributed by atoms with Crippen LogP contribution in [0.5, 0.6) is 5.75 Å². The molecule has 0 atom stereocenters. The number of esters is 1. The highest BCUT2D eigenvalue weighted by molar-refractivity contribution is 9.10. The van der Waals surface area contributed by atoms with E-state index in [0.717, 1.165) is 54.2 Å². The Kier molecular flexibility index (Phi) is 7.55. The van der Waals surface area contributed by atoms with E-state index in [4.69, 9.17) is 14.5 Å². The molecule has 1 aliphatic rings. The molecular weight excluding hydrogens is 386 g/mol. The van der Waals surface area contributed by atoms with Crippen molar-refractivity contribution < 1.29 is 14.3 Å². The monoisotopic (exact) mass is 411 g/mol. The molecule has 7 heteroatoms. The molecule has 0 spiro atoms. The quantitative estimate of drug-likeness (QED) is 0.458. The Balaban J connectivity index is 2.07. The lowest BCUT2D eigenvalue weighted by molar-refractivity contribution is -0.146. The molecule has 25 heavy (non-hydrogen) atoms. The number of methoxy groups -OCH3 is 2. The van der Waals surface area contributed by atoms with Gasteiger partial charge < -0.3 is 19.7 Å². The van der Waals surface area contributed by atoms with Gasteiger partial charge in [-0.3, -0.25) is 4.79 Å². The Hall–Kier alpha value is -1.76. The van der Waals surface area contributed by atoms with E-state index in [0.29, 0.717) is 6.54 Å². The van der Waals surface area contributed by atoms with Crippen molar-refractivity contribution in [1.82, 2.24) is 10.2 Å². The first-order valence-corrected chi connectivity index (χ1v) is 9.31. The van der Waals surface area contributed by atoms with Crippen molar-refractivity contribution in [3.05, 3.63) is 28.2 Å². The van der Waals surface area contributed by atoms with Gasteiger partial charge in [-0.1, -0.05) is 15.9 Å². The summed E-state index contributed by atoms with van der Waals surface area (Å²) in [6.45, 7) is 4.96. The maximum Gasteiger partial charge on any atom is 0.308 e. The number of benzene rings is 1. The third-order valence-corrected chi connectivity index (χ3v) is 4.80. The van der Waals surface area contributed by atoms with Crippen LogP contribution in [0.3, 0.4) is 0 Å². The molecule has 1 N–H and O–H groups in total. The third-order valence-electron chi connectivity index (χ3n) is 4.31. The van der Waals surface area contributed by atoms with Crippen molar-refractivity contribution in [2.75, 3.05) is 33.9 Å². The molecule has 6 nitrogen and oxygen atoms in total. The fraction of sp³-hybridized carbons (Fsp3) is 0.556. The van der Waals surface area contributed by atoms with Crippen molar-refractivity contribution >= 4 is 27.9 Å². The predicted molar refractivity (Wildman–Crippen MR) is 102 cm³/mol. The second kappa shape index (κ2) is 9.65. The highest BCUT2D eigenvalue weighted by Gasteiger charge is 2.26. The number of nitrogens with zero attached hydrogens (tertiary/aromatic N) is 2. The van der Waals surface area contributed by atoms with Crippen LogP contribution in [-0.2, 0) is 16.1 Å². The SMILES string of the molecule is CCNC(=NCc1cc(Br)ccc1OC)N1CCC(C(=O)OC)CC1. The van der Waals surface area contributed by atoms with Gasteiger partial charge in [-0.05, 0) is 38.0 Å². The Morgan fingerprint density at radius 3 is 2.68 bits per heavy atom. The van der Waals surface area contributed by atoms with Gasteiger partial charge in [0.15, 0.2) is 5.96 Å². The normalized spacial score (nSPS) is 15.8. The van der Waals surface area contributed by atoms with E-state index in [9.17, 15) is 4.79 Å². The van der Waals surface area contributed by atoms with Gasteiger partial charge in [-0.25, -0.2) is 4.99 Å². The summed E-state index contributed by atoms with van der Waals surface area (Å²) in [4.78, 5) is 18.6. The fourth-order valence-electron chi connectivity index (χ4n) is 2.95. The van der Waals surface area contributed by atoms with Gasteiger partial charge in [-0.15, -0.1) is 0 Å². The van der Waals surface area contributed by atoms with E-state index < -0.39 is 0 Å². The standard InChI is InChI=1S/C18H26BrN3O3/c1-4-20-18(22-9-7-13(8-10-22)17(23)25-3)21-12-14-11-15(19)5-6-16(14)24-2/h5-6,11,13H,4,7-10,12H2,1-3H3,(H,20,21). The van der Waals surface area contributed by atoms with Crippen LogP contribution < -0.4 is 10.1 Å². The minimum Gasteiger partial charge on any atom is -0.496 e. The summed E-state index contributed by atoms with van der Waals surface area (Å²) in [7, 11) is 3.12. The molecule has 1 heterocycles. The molecule has 138 valence electrons. The van der Waals surface area contributed by atoms with Crippen molar-refractivity contribution in [2.24, 2.45) is 10.9 Å². The van der Waals surface area contributed by atoms with Gasteiger partial charge >= 0.3 is 5.97 Å². The number of aliphatic imine (C=N–C) groups is 1. The van der Waals surface area contributed by atoms with Gasteiger partial charge in [0.25, 0.3) is 0 Å². The summed E-state index contributed by atoms with van der Waals surface area (Å²) >= 11 is 3.49. The number of guanidine groups is 1. The van der Waals surface area contributed by atoms with Crippen molar-refractivity contribution in [3.8, 4) is 5.75 Å². The molecule has 1 fully saturated rings. The second-order valence-electron chi connectivity index (χ2n) is 5.91. The average Bonchev–Trinajstić information content (AvgIpc) is 2.64. The topological polar surface area (TPSA) is 63.2 Å². The zero-order valence-electron chi connectivity index (χ0n) is 15.0. The van der Waals surface area contributed by atoms with Gasteiger partial charge in [0.2, 0.25) is 0 Å². The summed E-state index contributed by atoms with van der Waals surface area (Å²) in [5.41, 5.74) is 1.02. The molecule has 0 aliphatic carbocycles. The van der Waals surface area contributed by atoms with Gasteiger partial charge in [0, 0.05) is 29.7 Å². The lowest BCUT2D eigenvalue weighted by Gasteiger charge is -2.33. The van der Waals surface area contributed by atoms with Crippen LogP contribution in [-0.4, -0.2) is 50.7 Å². The first-order valence-electron chi connectivity index (χ1n) is 8.52. The van der Waals surface area contributed by atoms with Crippen molar-refractivity contribution in [2.45, 2.75) is 26.3 Å². The number of hydrogen-bond donors (Lipinski definition) is 1. The molecule has 0 radical (unpaired) electrons. The summed E-state index contributed by atoms with van der Waals surface area (Å²) in [6, 6.07) is 5.91. The number of halogens is 1. The van der Waals surface area contributed by atoms with E-state index in [1.54, 1.807) is 7.11 Å². The minimum atomic E-state index is -0.111. The molecule has 0 bridgehead atoms. The Morgan fingerprint density at radius 2 is 2.08 bits per heavy atom.